The van der Waals surface area contributed by atoms with Crippen molar-refractivity contribution in [3.05, 3.63) is 29.1 Å². The molecule has 0 amide bonds. The average Bonchev–Trinajstić information content (AvgIpc) is 1.96. The van der Waals surface area contributed by atoms with Gasteiger partial charge in [-0.1, -0.05) is 0 Å². The zero-order valence-electron chi connectivity index (χ0n) is 7.57. The van der Waals surface area contributed by atoms with Gasteiger partial charge in [0.25, 0.3) is 0 Å². The van der Waals surface area contributed by atoms with Crippen LogP contribution in [0.15, 0.2) is 17.0 Å². The number of alkyl halides is 3. The highest BCUT2D eigenvalue weighted by Crippen LogP contribution is 2.39. The Morgan fingerprint density at radius 2 is 1.71 bits per heavy atom. The number of benzene rings is 1. The molecule has 0 aliphatic heterocycles. The summed E-state index contributed by atoms with van der Waals surface area (Å²) in [6.45, 7) is 3.13. The van der Waals surface area contributed by atoms with E-state index in [1.54, 1.807) is 13.8 Å². The Morgan fingerprint density at radius 3 is 2.21 bits per heavy atom. The molecule has 0 nitrogen and oxygen atoms in total. The monoisotopic (exact) mass is 224 g/mol. The fourth-order valence-electron chi connectivity index (χ4n) is 1.02. The topological polar surface area (TPSA) is 0 Å². The van der Waals surface area contributed by atoms with E-state index in [0.717, 1.165) is 6.07 Å². The third-order valence-corrected chi connectivity index (χ3v) is 2.69. The van der Waals surface area contributed by atoms with Crippen molar-refractivity contribution in [1.29, 1.82) is 0 Å². The van der Waals surface area contributed by atoms with Gasteiger partial charge >= 0.3 is 5.51 Å². The van der Waals surface area contributed by atoms with Gasteiger partial charge in [0.2, 0.25) is 0 Å². The van der Waals surface area contributed by atoms with E-state index >= 15 is 0 Å². The summed E-state index contributed by atoms with van der Waals surface area (Å²) in [5.41, 5.74) is -3.38. The zero-order valence-corrected chi connectivity index (χ0v) is 8.39. The molecule has 1 aromatic carbocycles. The number of aryl methyl sites for hydroxylation is 1. The largest absolute Gasteiger partial charge is 0.446 e. The number of hydrogen-bond acceptors (Lipinski definition) is 1. The summed E-state index contributed by atoms with van der Waals surface area (Å²) in [6.07, 6.45) is 0. The molecule has 0 fully saturated rings. The van der Waals surface area contributed by atoms with E-state index in [0.29, 0.717) is 11.1 Å². The minimum absolute atomic E-state index is 0.0741. The Morgan fingerprint density at radius 1 is 1.14 bits per heavy atom. The quantitative estimate of drug-likeness (QED) is 0.512. The normalized spacial score (nSPS) is 11.9. The summed E-state index contributed by atoms with van der Waals surface area (Å²) in [4.78, 5) is -0.0741. The molecule has 0 radical (unpaired) electrons. The van der Waals surface area contributed by atoms with Gasteiger partial charge in [-0.05, 0) is 48.9 Å². The molecule has 1 rings (SSSR count). The van der Waals surface area contributed by atoms with Crippen LogP contribution >= 0.6 is 11.8 Å². The van der Waals surface area contributed by atoms with Crippen LogP contribution in [-0.4, -0.2) is 5.51 Å². The summed E-state index contributed by atoms with van der Waals surface area (Å²) in [7, 11) is 0. The van der Waals surface area contributed by atoms with Crippen molar-refractivity contribution in [3.63, 3.8) is 0 Å². The molecule has 1 aromatic rings. The Kier molecular flexibility index (Phi) is 3.09. The first-order valence-electron chi connectivity index (χ1n) is 3.82. The third kappa shape index (κ3) is 2.90. The fraction of sp³-hybridized carbons (Fsp3) is 0.333. The van der Waals surface area contributed by atoms with E-state index < -0.39 is 11.3 Å². The highest BCUT2D eigenvalue weighted by Gasteiger charge is 2.30. The second kappa shape index (κ2) is 3.81. The molecule has 14 heavy (non-hydrogen) atoms. The van der Waals surface area contributed by atoms with Crippen molar-refractivity contribution in [1.82, 2.24) is 0 Å². The molecule has 0 bridgehead atoms. The zero-order chi connectivity index (χ0) is 10.9. The van der Waals surface area contributed by atoms with Gasteiger partial charge in [-0.2, -0.15) is 13.2 Å². The maximum atomic E-state index is 12.8. The van der Waals surface area contributed by atoms with Crippen molar-refractivity contribution < 1.29 is 17.6 Å². The van der Waals surface area contributed by atoms with Gasteiger partial charge in [0.05, 0.1) is 0 Å². The van der Waals surface area contributed by atoms with Crippen LogP contribution in [0.5, 0.6) is 0 Å². The molecule has 0 aliphatic carbocycles. The van der Waals surface area contributed by atoms with Gasteiger partial charge in [0.15, 0.2) is 0 Å². The van der Waals surface area contributed by atoms with Crippen LogP contribution in [0.3, 0.4) is 0 Å². The van der Waals surface area contributed by atoms with E-state index in [-0.39, 0.29) is 16.7 Å². The van der Waals surface area contributed by atoms with Gasteiger partial charge in [-0.15, -0.1) is 0 Å². The van der Waals surface area contributed by atoms with Gasteiger partial charge in [-0.25, -0.2) is 4.39 Å². The second-order valence-electron chi connectivity index (χ2n) is 2.89. The van der Waals surface area contributed by atoms with Crippen molar-refractivity contribution in [3.8, 4) is 0 Å². The first-order chi connectivity index (χ1) is 6.29. The molecular weight excluding hydrogens is 216 g/mol. The van der Waals surface area contributed by atoms with Crippen LogP contribution in [0.1, 0.15) is 11.1 Å². The summed E-state index contributed by atoms with van der Waals surface area (Å²) in [5, 5.41) is 0. The molecule has 0 spiro atoms. The van der Waals surface area contributed by atoms with Crippen molar-refractivity contribution in [2.75, 3.05) is 0 Å². The molecule has 0 N–H and O–H groups in total. The summed E-state index contributed by atoms with van der Waals surface area (Å²) >= 11 is -0.284. The van der Waals surface area contributed by atoms with Crippen LogP contribution in [0.25, 0.3) is 0 Å². The molecule has 0 unspecified atom stereocenters. The van der Waals surface area contributed by atoms with Crippen LogP contribution in [0.4, 0.5) is 17.6 Å². The number of rotatable bonds is 1. The molecule has 0 saturated carbocycles. The summed E-state index contributed by atoms with van der Waals surface area (Å²) < 4.78 is 48.9. The first kappa shape index (κ1) is 11.4. The molecule has 0 aliphatic rings. The van der Waals surface area contributed by atoms with E-state index in [4.69, 9.17) is 0 Å². The Bertz CT molecular complexity index is 343. The predicted octanol–water partition coefficient (Wildman–Crippen LogP) is 4.05. The van der Waals surface area contributed by atoms with E-state index in [1.807, 2.05) is 0 Å². The lowest BCUT2D eigenvalue weighted by Gasteiger charge is -2.10. The van der Waals surface area contributed by atoms with Crippen LogP contribution < -0.4 is 0 Å². The molecule has 0 aromatic heterocycles. The Labute approximate surface area is 83.3 Å². The van der Waals surface area contributed by atoms with Crippen LogP contribution in [0, 0.1) is 19.7 Å². The van der Waals surface area contributed by atoms with Crippen LogP contribution in [-0.2, 0) is 0 Å². The van der Waals surface area contributed by atoms with Gasteiger partial charge < -0.3 is 0 Å². The average molecular weight is 224 g/mol. The molecule has 0 atom stereocenters. The van der Waals surface area contributed by atoms with Crippen molar-refractivity contribution >= 4 is 11.8 Å². The number of hydrogen-bond donors (Lipinski definition) is 0. The highest BCUT2D eigenvalue weighted by atomic mass is 32.2. The van der Waals surface area contributed by atoms with E-state index in [1.165, 1.54) is 6.07 Å². The van der Waals surface area contributed by atoms with Crippen molar-refractivity contribution in [2.24, 2.45) is 0 Å². The maximum Gasteiger partial charge on any atom is 0.446 e. The molecular formula is C9H8F4S. The third-order valence-electron chi connectivity index (χ3n) is 1.81. The minimum Gasteiger partial charge on any atom is -0.207 e. The van der Waals surface area contributed by atoms with Gasteiger partial charge in [0.1, 0.15) is 5.82 Å². The lowest BCUT2D eigenvalue weighted by molar-refractivity contribution is -0.0328. The Hall–Kier alpha value is -0.710. The molecule has 0 saturated heterocycles. The SMILES string of the molecule is Cc1cc(F)cc(SC(F)(F)F)c1C. The second-order valence-corrected chi connectivity index (χ2v) is 4.00. The minimum atomic E-state index is -4.37. The lowest BCUT2D eigenvalue weighted by atomic mass is 10.1. The maximum absolute atomic E-state index is 12.8. The van der Waals surface area contributed by atoms with Crippen LogP contribution in [0.2, 0.25) is 0 Å². The summed E-state index contributed by atoms with van der Waals surface area (Å²) in [5.74, 6) is -0.639. The fourth-order valence-corrected chi connectivity index (χ4v) is 1.75. The van der Waals surface area contributed by atoms with E-state index in [9.17, 15) is 17.6 Å². The van der Waals surface area contributed by atoms with Crippen molar-refractivity contribution in [2.45, 2.75) is 24.3 Å². The smallest absolute Gasteiger partial charge is 0.207 e. The molecule has 78 valence electrons. The standard InChI is InChI=1S/C9H8F4S/c1-5-3-7(10)4-8(6(5)2)14-9(11,12)13/h3-4H,1-2H3. The lowest BCUT2D eigenvalue weighted by Crippen LogP contribution is -2.01. The van der Waals surface area contributed by atoms with Gasteiger partial charge in [-0.3, -0.25) is 0 Å². The molecule has 0 heterocycles. The first-order valence-corrected chi connectivity index (χ1v) is 4.64. The number of halogens is 4. The summed E-state index contributed by atoms with van der Waals surface area (Å²) in [6, 6.07) is 2.12. The Balaban J connectivity index is 3.09. The number of thioether (sulfide) groups is 1. The highest BCUT2D eigenvalue weighted by molar-refractivity contribution is 8.00. The predicted molar refractivity (Wildman–Crippen MR) is 47.8 cm³/mol. The van der Waals surface area contributed by atoms with E-state index in [2.05, 4.69) is 0 Å². The van der Waals surface area contributed by atoms with Gasteiger partial charge in [0, 0.05) is 4.90 Å². The molecule has 5 heteroatoms.